The monoisotopic (exact) mass is 505 g/mol. The van der Waals surface area contributed by atoms with Crippen LogP contribution in [0.4, 0.5) is 33.3 Å². The van der Waals surface area contributed by atoms with Gasteiger partial charge in [-0.25, -0.2) is 18.7 Å². The van der Waals surface area contributed by atoms with Crippen molar-refractivity contribution in [2.75, 3.05) is 5.32 Å². The average Bonchev–Trinajstić information content (AvgIpc) is 3.60. The molecule has 36 heavy (non-hydrogen) atoms. The van der Waals surface area contributed by atoms with E-state index in [1.165, 1.54) is 24.5 Å². The maximum absolute atomic E-state index is 14.6. The second-order valence-corrected chi connectivity index (χ2v) is 8.36. The molecule has 188 valence electrons. The van der Waals surface area contributed by atoms with Gasteiger partial charge in [0.1, 0.15) is 23.0 Å². The summed E-state index contributed by atoms with van der Waals surface area (Å²) >= 11 is 0. The Morgan fingerprint density at radius 2 is 1.72 bits per heavy atom. The molecule has 1 saturated carbocycles. The quantitative estimate of drug-likeness (QED) is 0.414. The number of benzene rings is 2. The Labute approximate surface area is 202 Å². The van der Waals surface area contributed by atoms with Crippen molar-refractivity contribution < 1.29 is 31.5 Å². The summed E-state index contributed by atoms with van der Waals surface area (Å²) in [4.78, 5) is 33.0. The van der Waals surface area contributed by atoms with Crippen LogP contribution in [0.5, 0.6) is 0 Å². The van der Waals surface area contributed by atoms with E-state index in [1.807, 2.05) is 0 Å². The van der Waals surface area contributed by atoms with E-state index in [0.717, 1.165) is 18.2 Å². The molecule has 12 heteroatoms. The molecule has 7 nitrogen and oxygen atoms in total. The van der Waals surface area contributed by atoms with Crippen LogP contribution in [0.15, 0.2) is 48.8 Å². The van der Waals surface area contributed by atoms with Gasteiger partial charge in [-0.05, 0) is 50.1 Å². The summed E-state index contributed by atoms with van der Waals surface area (Å²) in [6.07, 6.45) is -1.31. The molecule has 1 heterocycles. The average molecular weight is 505 g/mol. The summed E-state index contributed by atoms with van der Waals surface area (Å²) in [7, 11) is 0. The minimum Gasteiger partial charge on any atom is -0.355 e. The highest BCUT2D eigenvalue weighted by molar-refractivity contribution is 6.00. The number of carbonyl (C=O) groups excluding carboxylic acids is 2. The van der Waals surface area contributed by atoms with E-state index >= 15 is 0 Å². The first kappa shape index (κ1) is 25.0. The third-order valence-electron chi connectivity index (χ3n) is 5.64. The van der Waals surface area contributed by atoms with Crippen LogP contribution >= 0.6 is 0 Å². The molecule has 0 unspecified atom stereocenters. The lowest BCUT2D eigenvalue weighted by Crippen LogP contribution is -2.48. The smallest absolute Gasteiger partial charge is 0.355 e. The summed E-state index contributed by atoms with van der Waals surface area (Å²) in [5.41, 5.74) is -2.49. The van der Waals surface area contributed by atoms with Crippen molar-refractivity contribution in [3.63, 3.8) is 0 Å². The van der Waals surface area contributed by atoms with Gasteiger partial charge >= 0.3 is 6.18 Å². The molecular weight excluding hydrogens is 485 g/mol. The van der Waals surface area contributed by atoms with Crippen molar-refractivity contribution >= 4 is 23.2 Å². The number of aromatic nitrogens is 2. The van der Waals surface area contributed by atoms with E-state index in [-0.39, 0.29) is 23.4 Å². The molecule has 0 bridgehead atoms. The predicted octanol–water partition coefficient (Wildman–Crippen LogP) is 4.40. The molecule has 2 amide bonds. The molecule has 2 aromatic carbocycles. The molecule has 3 N–H and O–H groups in total. The van der Waals surface area contributed by atoms with Crippen LogP contribution in [0.25, 0.3) is 0 Å². The van der Waals surface area contributed by atoms with Crippen molar-refractivity contribution in [3.05, 3.63) is 82.9 Å². The molecule has 0 saturated heterocycles. The number of nitrogens with one attached hydrogen (secondary N) is 3. The van der Waals surface area contributed by atoms with Crippen LogP contribution in [0.2, 0.25) is 0 Å². The lowest BCUT2D eigenvalue weighted by Gasteiger charge is -2.18. The van der Waals surface area contributed by atoms with Crippen LogP contribution in [-0.4, -0.2) is 27.3 Å². The van der Waals surface area contributed by atoms with Gasteiger partial charge in [0.2, 0.25) is 5.91 Å². The fourth-order valence-corrected chi connectivity index (χ4v) is 3.46. The molecule has 3 aromatic rings. The fraction of sp³-hybridized carbons (Fsp3) is 0.250. The lowest BCUT2D eigenvalue weighted by molar-refractivity contribution is -0.137. The van der Waals surface area contributed by atoms with Crippen molar-refractivity contribution in [3.8, 4) is 0 Å². The maximum Gasteiger partial charge on any atom is 0.418 e. The standard InChI is InChI=1S/C24H20F5N5O2/c1-13-30-11-15(12-31-13)21(35)34-23(6-7-23)22(36)32-10-14-2-4-17(9-19(14)26)33-20-5-3-16(25)8-18(20)24(27,28)29/h2-5,8-9,11-12,33H,6-7,10H2,1H3,(H,32,36)(H,34,35). The SMILES string of the molecule is Cc1ncc(C(=O)NC2(C(=O)NCc3ccc(Nc4ccc(F)cc4C(F)(F)F)cc3F)CC2)cn1. The van der Waals surface area contributed by atoms with E-state index in [4.69, 9.17) is 0 Å². The van der Waals surface area contributed by atoms with Gasteiger partial charge in [0.25, 0.3) is 5.91 Å². The Morgan fingerprint density at radius 3 is 2.33 bits per heavy atom. The minimum absolute atomic E-state index is 0.00549. The lowest BCUT2D eigenvalue weighted by atomic mass is 10.1. The molecule has 1 aliphatic rings. The van der Waals surface area contributed by atoms with Gasteiger partial charge in [-0.1, -0.05) is 6.07 Å². The van der Waals surface area contributed by atoms with Crippen LogP contribution in [0.1, 0.15) is 40.2 Å². The van der Waals surface area contributed by atoms with Crippen LogP contribution in [0, 0.1) is 18.6 Å². The number of nitrogens with zero attached hydrogens (tertiary/aromatic N) is 2. The third kappa shape index (κ3) is 5.58. The zero-order chi connectivity index (χ0) is 26.1. The highest BCUT2D eigenvalue weighted by atomic mass is 19.4. The Bertz CT molecular complexity index is 1310. The summed E-state index contributed by atoms with van der Waals surface area (Å²) in [5.74, 6) is -2.34. The van der Waals surface area contributed by atoms with Crippen molar-refractivity contribution in [2.24, 2.45) is 0 Å². The summed E-state index contributed by atoms with van der Waals surface area (Å²) in [6.45, 7) is 1.46. The highest BCUT2D eigenvalue weighted by Crippen LogP contribution is 2.37. The number of hydrogen-bond donors (Lipinski definition) is 3. The van der Waals surface area contributed by atoms with Crippen molar-refractivity contribution in [2.45, 2.75) is 38.0 Å². The molecule has 1 fully saturated rings. The number of anilines is 2. The predicted molar refractivity (Wildman–Crippen MR) is 119 cm³/mol. The first-order valence-corrected chi connectivity index (χ1v) is 10.8. The number of rotatable bonds is 7. The number of halogens is 5. The number of aryl methyl sites for hydroxylation is 1. The number of carbonyl (C=O) groups is 2. The Balaban J connectivity index is 1.39. The van der Waals surface area contributed by atoms with Crippen LogP contribution < -0.4 is 16.0 Å². The second-order valence-electron chi connectivity index (χ2n) is 8.36. The fourth-order valence-electron chi connectivity index (χ4n) is 3.46. The van der Waals surface area contributed by atoms with Gasteiger partial charge in [-0.3, -0.25) is 9.59 Å². The molecule has 0 radical (unpaired) electrons. The third-order valence-corrected chi connectivity index (χ3v) is 5.64. The summed E-state index contributed by atoms with van der Waals surface area (Å²) < 4.78 is 67.5. The van der Waals surface area contributed by atoms with Crippen molar-refractivity contribution in [1.29, 1.82) is 0 Å². The first-order valence-electron chi connectivity index (χ1n) is 10.8. The van der Waals surface area contributed by atoms with Gasteiger partial charge in [0.15, 0.2) is 0 Å². The van der Waals surface area contributed by atoms with E-state index in [2.05, 4.69) is 25.9 Å². The Morgan fingerprint density at radius 1 is 1.03 bits per heavy atom. The molecule has 1 aromatic heterocycles. The van der Waals surface area contributed by atoms with Gasteiger partial charge in [0.05, 0.1) is 16.8 Å². The number of amides is 2. The number of alkyl halides is 3. The maximum atomic E-state index is 14.6. The number of hydrogen-bond acceptors (Lipinski definition) is 5. The molecule has 1 aliphatic carbocycles. The van der Waals surface area contributed by atoms with Crippen LogP contribution in [0.3, 0.4) is 0 Å². The van der Waals surface area contributed by atoms with Gasteiger partial charge < -0.3 is 16.0 Å². The molecule has 0 aliphatic heterocycles. The zero-order valence-electron chi connectivity index (χ0n) is 18.8. The largest absolute Gasteiger partial charge is 0.418 e. The van der Waals surface area contributed by atoms with Gasteiger partial charge in [0, 0.05) is 30.2 Å². The van der Waals surface area contributed by atoms with Crippen LogP contribution in [-0.2, 0) is 17.5 Å². The van der Waals surface area contributed by atoms with E-state index in [1.54, 1.807) is 6.92 Å². The summed E-state index contributed by atoms with van der Waals surface area (Å²) in [5, 5.41) is 7.68. The molecule has 0 atom stereocenters. The summed E-state index contributed by atoms with van der Waals surface area (Å²) in [6, 6.07) is 5.72. The van der Waals surface area contributed by atoms with Gasteiger partial charge in [-0.15, -0.1) is 0 Å². The second kappa shape index (κ2) is 9.51. The Hall–Kier alpha value is -4.09. The molecule has 0 spiro atoms. The molecular formula is C24H20F5N5O2. The highest BCUT2D eigenvalue weighted by Gasteiger charge is 2.51. The molecule has 4 rings (SSSR count). The van der Waals surface area contributed by atoms with Gasteiger partial charge in [-0.2, -0.15) is 13.2 Å². The minimum atomic E-state index is -4.81. The van der Waals surface area contributed by atoms with Crippen molar-refractivity contribution in [1.82, 2.24) is 20.6 Å². The first-order chi connectivity index (χ1) is 17.0. The van der Waals surface area contributed by atoms with E-state index in [9.17, 15) is 31.5 Å². The zero-order valence-corrected chi connectivity index (χ0v) is 18.8. The topological polar surface area (TPSA) is 96.0 Å². The van der Waals surface area contributed by atoms with E-state index < -0.39 is 46.4 Å². The van der Waals surface area contributed by atoms with E-state index in [0.29, 0.717) is 24.7 Å². The Kier molecular flexibility index (Phi) is 6.61. The normalized spacial score (nSPS) is 14.2.